The lowest BCUT2D eigenvalue weighted by Gasteiger charge is -2.20. The summed E-state index contributed by atoms with van der Waals surface area (Å²) in [5, 5.41) is 33.1. The van der Waals surface area contributed by atoms with Gasteiger partial charge in [-0.25, -0.2) is 14.0 Å². The zero-order valence-corrected chi connectivity index (χ0v) is 29.7. The smallest absolute Gasteiger partial charge is 0.338 e. The Balaban J connectivity index is 1.84. The molecular weight excluding hydrogens is 671 g/mol. The maximum Gasteiger partial charge on any atom is 0.338 e. The number of aliphatic hydroxyl groups excluding tert-OH is 2. The van der Waals surface area contributed by atoms with Crippen LogP contribution in [0.1, 0.15) is 95.5 Å². The molecule has 4 rings (SSSR count). The number of aliphatic hydroxyl groups is 2. The highest BCUT2D eigenvalue weighted by atomic mass is 19.1. The molecule has 0 bridgehead atoms. The fraction of sp³-hybridized carbons (Fsp3) is 0.350. The van der Waals surface area contributed by atoms with Gasteiger partial charge in [-0.15, -0.1) is 0 Å². The van der Waals surface area contributed by atoms with E-state index in [4.69, 9.17) is 14.6 Å². The van der Waals surface area contributed by atoms with Crippen LogP contribution < -0.4 is 5.32 Å². The van der Waals surface area contributed by atoms with Gasteiger partial charge in [0.1, 0.15) is 11.5 Å². The predicted molar refractivity (Wildman–Crippen MR) is 192 cm³/mol. The molecule has 0 spiro atoms. The van der Waals surface area contributed by atoms with Gasteiger partial charge in [-0.1, -0.05) is 42.5 Å². The third-order valence-corrected chi connectivity index (χ3v) is 8.37. The third kappa shape index (κ3) is 9.92. The van der Waals surface area contributed by atoms with Gasteiger partial charge in [0.25, 0.3) is 5.91 Å². The molecule has 11 nitrogen and oxygen atoms in total. The lowest BCUT2D eigenvalue weighted by molar-refractivity contribution is -0.139. The molecule has 0 radical (unpaired) electrons. The van der Waals surface area contributed by atoms with Crippen molar-refractivity contribution in [1.29, 1.82) is 0 Å². The number of aliphatic carboxylic acids is 1. The predicted octanol–water partition coefficient (Wildman–Crippen LogP) is 6.34. The quantitative estimate of drug-likeness (QED) is 0.0913. The van der Waals surface area contributed by atoms with Crippen LogP contribution in [0, 0.1) is 5.82 Å². The number of nitrogens with zero attached hydrogens (tertiary/aromatic N) is 1. The second-order valence-corrected chi connectivity index (χ2v) is 12.6. The van der Waals surface area contributed by atoms with Crippen LogP contribution in [0.15, 0.2) is 72.8 Å². The second kappa shape index (κ2) is 18.2. The van der Waals surface area contributed by atoms with E-state index in [0.29, 0.717) is 39.2 Å². The van der Waals surface area contributed by atoms with Crippen LogP contribution in [0.2, 0.25) is 0 Å². The molecule has 3 aromatic carbocycles. The standard InChI is InChI=1S/C40H45FN2O9/c1-5-51-39(49)28-18-25(19-29(20-28)40(50)52-6-2)23-42-38(48)37-36(26-10-8-7-9-11-26)35(27-12-14-30(41)15-13-27)33(43(37)24(3)4)17-16-31(44)21-32(45)22-34(46)47/h7-15,18-20,24,31-32,44-45H,5-6,16-17,21-23H2,1-4H3,(H,42,48)(H,46,47)/t31-,32-/m1/s1. The summed E-state index contributed by atoms with van der Waals surface area (Å²) < 4.78 is 26.4. The van der Waals surface area contributed by atoms with Crippen LogP contribution in [0.5, 0.6) is 0 Å². The molecule has 12 heteroatoms. The summed E-state index contributed by atoms with van der Waals surface area (Å²) in [7, 11) is 0. The van der Waals surface area contributed by atoms with Crippen LogP contribution >= 0.6 is 0 Å². The summed E-state index contributed by atoms with van der Waals surface area (Å²) in [6.45, 7) is 7.33. The molecule has 52 heavy (non-hydrogen) atoms. The fourth-order valence-corrected chi connectivity index (χ4v) is 6.24. The summed E-state index contributed by atoms with van der Waals surface area (Å²) in [5.41, 5.74) is 4.23. The molecule has 0 unspecified atom stereocenters. The van der Waals surface area contributed by atoms with E-state index in [1.165, 1.54) is 30.3 Å². The van der Waals surface area contributed by atoms with Gasteiger partial charge in [-0.2, -0.15) is 0 Å². The lowest BCUT2D eigenvalue weighted by Crippen LogP contribution is -2.27. The molecule has 0 aliphatic carbocycles. The number of benzene rings is 3. The number of aromatic nitrogens is 1. The number of carbonyl (C=O) groups excluding carboxylic acids is 3. The highest BCUT2D eigenvalue weighted by Crippen LogP contribution is 2.42. The highest BCUT2D eigenvalue weighted by molar-refractivity contribution is 6.05. The molecule has 1 aromatic heterocycles. The Hall–Kier alpha value is -5.33. The molecule has 0 saturated carbocycles. The zero-order valence-electron chi connectivity index (χ0n) is 29.7. The van der Waals surface area contributed by atoms with E-state index >= 15 is 0 Å². The Kier molecular flexibility index (Phi) is 13.8. The number of carboxylic acid groups (broad SMARTS) is 1. The molecule has 2 atom stereocenters. The Morgan fingerprint density at radius 3 is 1.92 bits per heavy atom. The first-order chi connectivity index (χ1) is 24.8. The van der Waals surface area contributed by atoms with Crippen molar-refractivity contribution in [2.24, 2.45) is 0 Å². The molecule has 0 aliphatic heterocycles. The summed E-state index contributed by atoms with van der Waals surface area (Å²) in [4.78, 5) is 50.9. The van der Waals surface area contributed by atoms with Gasteiger partial charge in [0, 0.05) is 29.4 Å². The number of carbonyl (C=O) groups is 4. The first kappa shape index (κ1) is 39.5. The maximum atomic E-state index is 14.5. The van der Waals surface area contributed by atoms with Gasteiger partial charge < -0.3 is 34.7 Å². The number of esters is 2. The SMILES string of the molecule is CCOC(=O)c1cc(CNC(=O)c2c(-c3ccccc3)c(-c3ccc(F)cc3)c(CC[C@@H](O)C[C@@H](O)CC(=O)O)n2C(C)C)cc(C(=O)OCC)c1. The average molecular weight is 717 g/mol. The van der Waals surface area contributed by atoms with Crippen LogP contribution in [-0.4, -0.2) is 69.1 Å². The highest BCUT2D eigenvalue weighted by Gasteiger charge is 2.30. The molecule has 0 fully saturated rings. The second-order valence-electron chi connectivity index (χ2n) is 12.6. The summed E-state index contributed by atoms with van der Waals surface area (Å²) in [6, 6.07) is 19.3. The van der Waals surface area contributed by atoms with Crippen molar-refractivity contribution in [2.75, 3.05) is 13.2 Å². The number of hydrogen-bond acceptors (Lipinski definition) is 8. The van der Waals surface area contributed by atoms with Crippen LogP contribution in [0.25, 0.3) is 22.3 Å². The molecule has 0 aliphatic rings. The summed E-state index contributed by atoms with van der Waals surface area (Å²) in [5.74, 6) is -3.36. The monoisotopic (exact) mass is 716 g/mol. The van der Waals surface area contributed by atoms with Crippen molar-refractivity contribution in [1.82, 2.24) is 9.88 Å². The van der Waals surface area contributed by atoms with Crippen molar-refractivity contribution in [2.45, 2.75) is 78.2 Å². The number of hydrogen-bond donors (Lipinski definition) is 4. The molecule has 1 amide bonds. The van der Waals surface area contributed by atoms with Crippen molar-refractivity contribution in [3.63, 3.8) is 0 Å². The number of carboxylic acids is 1. The minimum absolute atomic E-state index is 0.0720. The van der Waals surface area contributed by atoms with Crippen molar-refractivity contribution in [3.05, 3.63) is 107 Å². The van der Waals surface area contributed by atoms with Crippen molar-refractivity contribution in [3.8, 4) is 22.3 Å². The number of rotatable bonds is 17. The Labute approximate surface area is 302 Å². The first-order valence-electron chi connectivity index (χ1n) is 17.3. The largest absolute Gasteiger partial charge is 0.481 e. The molecule has 4 aromatic rings. The normalized spacial score (nSPS) is 12.3. The van der Waals surface area contributed by atoms with Gasteiger partial charge >= 0.3 is 17.9 Å². The topological polar surface area (TPSA) is 164 Å². The van der Waals surface area contributed by atoms with Gasteiger partial charge in [0.15, 0.2) is 0 Å². The average Bonchev–Trinajstić information content (AvgIpc) is 3.45. The zero-order chi connectivity index (χ0) is 37.9. The van der Waals surface area contributed by atoms with Gasteiger partial charge in [-0.05, 0) is 94.0 Å². The number of nitrogens with one attached hydrogen (secondary N) is 1. The maximum absolute atomic E-state index is 14.5. The van der Waals surface area contributed by atoms with Gasteiger partial charge in [0.2, 0.25) is 0 Å². The minimum Gasteiger partial charge on any atom is -0.481 e. The van der Waals surface area contributed by atoms with Gasteiger partial charge in [0.05, 0.1) is 43.0 Å². The van der Waals surface area contributed by atoms with E-state index in [1.807, 2.05) is 48.7 Å². The summed E-state index contributed by atoms with van der Waals surface area (Å²) >= 11 is 0. The van der Waals surface area contributed by atoms with E-state index in [1.54, 1.807) is 26.0 Å². The van der Waals surface area contributed by atoms with Crippen LogP contribution in [0.3, 0.4) is 0 Å². The molecule has 1 heterocycles. The lowest BCUT2D eigenvalue weighted by atomic mass is 9.92. The van der Waals surface area contributed by atoms with E-state index in [9.17, 15) is 33.8 Å². The van der Waals surface area contributed by atoms with E-state index < -0.39 is 48.3 Å². The molecule has 4 N–H and O–H groups in total. The van der Waals surface area contributed by atoms with Crippen molar-refractivity contribution < 1.29 is 48.4 Å². The number of amides is 1. The van der Waals surface area contributed by atoms with E-state index in [0.717, 1.165) is 0 Å². The third-order valence-electron chi connectivity index (χ3n) is 8.37. The number of ether oxygens (including phenoxy) is 2. The van der Waals surface area contributed by atoms with E-state index in [2.05, 4.69) is 5.32 Å². The molecule has 276 valence electrons. The van der Waals surface area contributed by atoms with Crippen molar-refractivity contribution >= 4 is 23.8 Å². The first-order valence-corrected chi connectivity index (χ1v) is 17.3. The molecule has 0 saturated heterocycles. The fourth-order valence-electron chi connectivity index (χ4n) is 6.24. The number of halogens is 1. The van der Waals surface area contributed by atoms with E-state index in [-0.39, 0.29) is 56.2 Å². The minimum atomic E-state index is -1.24. The van der Waals surface area contributed by atoms with Crippen LogP contribution in [0.4, 0.5) is 4.39 Å². The summed E-state index contributed by atoms with van der Waals surface area (Å²) in [6.07, 6.45) is -2.60. The van der Waals surface area contributed by atoms with Gasteiger partial charge in [-0.3, -0.25) is 9.59 Å². The Morgan fingerprint density at radius 2 is 1.38 bits per heavy atom. The Bertz CT molecular complexity index is 1830. The van der Waals surface area contributed by atoms with Crippen LogP contribution in [-0.2, 0) is 27.2 Å². The Morgan fingerprint density at radius 1 is 0.808 bits per heavy atom. The molecular formula is C40H45FN2O9.